The Balaban J connectivity index is 2.11. The third kappa shape index (κ3) is 3.97. The quantitative estimate of drug-likeness (QED) is 0.873. The number of ether oxygens (including phenoxy) is 1. The SMILES string of the molecule is CC(C)(CC(=O)O)CC(O)c1ccc2c(c1)CC(C)(C)O2. The van der Waals surface area contributed by atoms with Crippen LogP contribution >= 0.6 is 0 Å². The number of carbonyl (C=O) groups is 1. The Morgan fingerprint density at radius 2 is 2.10 bits per heavy atom. The van der Waals surface area contributed by atoms with E-state index >= 15 is 0 Å². The highest BCUT2D eigenvalue weighted by Gasteiger charge is 2.31. The zero-order valence-electron chi connectivity index (χ0n) is 13.1. The highest BCUT2D eigenvalue weighted by atomic mass is 16.5. The molecule has 2 rings (SSSR count). The molecule has 0 bridgehead atoms. The molecule has 4 heteroatoms. The van der Waals surface area contributed by atoms with Gasteiger partial charge in [-0.25, -0.2) is 0 Å². The van der Waals surface area contributed by atoms with E-state index in [0.29, 0.717) is 6.42 Å². The first-order valence-electron chi connectivity index (χ1n) is 7.30. The molecule has 1 aromatic rings. The lowest BCUT2D eigenvalue weighted by molar-refractivity contribution is -0.139. The molecule has 4 nitrogen and oxygen atoms in total. The Bertz CT molecular complexity index is 546. The minimum atomic E-state index is -0.837. The minimum Gasteiger partial charge on any atom is -0.487 e. The topological polar surface area (TPSA) is 66.8 Å². The third-order valence-corrected chi connectivity index (χ3v) is 3.85. The van der Waals surface area contributed by atoms with Crippen molar-refractivity contribution in [3.05, 3.63) is 29.3 Å². The molecule has 1 heterocycles. The van der Waals surface area contributed by atoms with E-state index in [4.69, 9.17) is 9.84 Å². The van der Waals surface area contributed by atoms with Gasteiger partial charge in [0.1, 0.15) is 11.4 Å². The molecule has 0 aromatic heterocycles. The van der Waals surface area contributed by atoms with Gasteiger partial charge in [-0.15, -0.1) is 0 Å². The number of aliphatic hydroxyl groups excluding tert-OH is 1. The molecule has 0 spiro atoms. The number of benzene rings is 1. The second-order valence-corrected chi connectivity index (χ2v) is 7.36. The van der Waals surface area contributed by atoms with Gasteiger partial charge < -0.3 is 14.9 Å². The number of carboxylic acids is 1. The van der Waals surface area contributed by atoms with Gasteiger partial charge in [-0.3, -0.25) is 4.79 Å². The van der Waals surface area contributed by atoms with Crippen molar-refractivity contribution in [1.82, 2.24) is 0 Å². The van der Waals surface area contributed by atoms with Crippen molar-refractivity contribution in [2.45, 2.75) is 58.7 Å². The summed E-state index contributed by atoms with van der Waals surface area (Å²) in [5, 5.41) is 19.3. The second-order valence-electron chi connectivity index (χ2n) is 7.36. The van der Waals surface area contributed by atoms with E-state index in [9.17, 15) is 9.90 Å². The molecular formula is C17H24O4. The molecular weight excluding hydrogens is 268 g/mol. The first-order valence-corrected chi connectivity index (χ1v) is 7.30. The Labute approximate surface area is 125 Å². The number of aliphatic hydroxyl groups is 1. The summed E-state index contributed by atoms with van der Waals surface area (Å²) in [5.41, 5.74) is 1.29. The van der Waals surface area contributed by atoms with Gasteiger partial charge in [0, 0.05) is 6.42 Å². The van der Waals surface area contributed by atoms with Crippen LogP contribution < -0.4 is 4.74 Å². The van der Waals surface area contributed by atoms with Gasteiger partial charge >= 0.3 is 5.97 Å². The van der Waals surface area contributed by atoms with E-state index < -0.39 is 17.5 Å². The molecule has 0 aliphatic carbocycles. The summed E-state index contributed by atoms with van der Waals surface area (Å²) >= 11 is 0. The van der Waals surface area contributed by atoms with Gasteiger partial charge in [0.25, 0.3) is 0 Å². The molecule has 0 radical (unpaired) electrons. The van der Waals surface area contributed by atoms with Crippen molar-refractivity contribution in [3.63, 3.8) is 0 Å². The van der Waals surface area contributed by atoms with Gasteiger partial charge in [-0.1, -0.05) is 19.9 Å². The van der Waals surface area contributed by atoms with Crippen molar-refractivity contribution in [2.75, 3.05) is 0 Å². The molecule has 1 unspecified atom stereocenters. The van der Waals surface area contributed by atoms with E-state index in [2.05, 4.69) is 0 Å². The van der Waals surface area contributed by atoms with Crippen LogP contribution in [0.15, 0.2) is 18.2 Å². The molecule has 116 valence electrons. The standard InChI is InChI=1S/C17H24O4/c1-16(2,10-15(19)20)9-13(18)11-5-6-14-12(7-11)8-17(3,4)21-14/h5-7,13,18H,8-10H2,1-4H3,(H,19,20). The van der Waals surface area contributed by atoms with Crippen LogP contribution in [-0.2, 0) is 11.2 Å². The van der Waals surface area contributed by atoms with E-state index in [-0.39, 0.29) is 12.0 Å². The summed E-state index contributed by atoms with van der Waals surface area (Å²) in [6, 6.07) is 5.74. The van der Waals surface area contributed by atoms with Crippen molar-refractivity contribution < 1.29 is 19.7 Å². The number of hydrogen-bond acceptors (Lipinski definition) is 3. The molecule has 2 N–H and O–H groups in total. The maximum atomic E-state index is 10.9. The molecule has 0 saturated carbocycles. The van der Waals surface area contributed by atoms with Crippen molar-refractivity contribution in [3.8, 4) is 5.75 Å². The maximum Gasteiger partial charge on any atom is 0.303 e. The van der Waals surface area contributed by atoms with E-state index in [1.807, 2.05) is 45.9 Å². The summed E-state index contributed by atoms with van der Waals surface area (Å²) in [7, 11) is 0. The summed E-state index contributed by atoms with van der Waals surface area (Å²) in [6.45, 7) is 7.81. The Morgan fingerprint density at radius 1 is 1.43 bits per heavy atom. The average molecular weight is 292 g/mol. The van der Waals surface area contributed by atoms with Gasteiger partial charge in [0.15, 0.2) is 0 Å². The van der Waals surface area contributed by atoms with Crippen LogP contribution in [-0.4, -0.2) is 21.8 Å². The predicted molar refractivity (Wildman–Crippen MR) is 80.5 cm³/mol. The van der Waals surface area contributed by atoms with Gasteiger partial charge in [-0.05, 0) is 48.9 Å². The average Bonchev–Trinajstić information content (AvgIpc) is 2.58. The lowest BCUT2D eigenvalue weighted by atomic mass is 9.81. The first-order chi connectivity index (χ1) is 9.58. The van der Waals surface area contributed by atoms with Gasteiger partial charge in [0.2, 0.25) is 0 Å². The van der Waals surface area contributed by atoms with E-state index in [0.717, 1.165) is 23.3 Å². The zero-order chi connectivity index (χ0) is 15.8. The van der Waals surface area contributed by atoms with Crippen LogP contribution in [0.25, 0.3) is 0 Å². The number of rotatable bonds is 5. The van der Waals surface area contributed by atoms with Crippen LogP contribution in [0.5, 0.6) is 5.75 Å². The van der Waals surface area contributed by atoms with Crippen LogP contribution in [0.3, 0.4) is 0 Å². The molecule has 1 aliphatic rings. The smallest absolute Gasteiger partial charge is 0.303 e. The molecule has 0 saturated heterocycles. The highest BCUT2D eigenvalue weighted by Crippen LogP contribution is 2.38. The molecule has 0 fully saturated rings. The zero-order valence-corrected chi connectivity index (χ0v) is 13.1. The molecule has 1 aliphatic heterocycles. The monoisotopic (exact) mass is 292 g/mol. The summed E-state index contributed by atoms with van der Waals surface area (Å²) in [5.74, 6) is 0.0389. The van der Waals surface area contributed by atoms with Crippen molar-refractivity contribution >= 4 is 5.97 Å². The van der Waals surface area contributed by atoms with E-state index in [1.165, 1.54) is 0 Å². The highest BCUT2D eigenvalue weighted by molar-refractivity contribution is 5.67. The Hall–Kier alpha value is -1.55. The Morgan fingerprint density at radius 3 is 2.71 bits per heavy atom. The largest absolute Gasteiger partial charge is 0.487 e. The Kier molecular flexibility index (Phi) is 4.02. The number of aliphatic carboxylic acids is 1. The lowest BCUT2D eigenvalue weighted by Gasteiger charge is -2.26. The van der Waals surface area contributed by atoms with Gasteiger partial charge in [-0.2, -0.15) is 0 Å². The number of carboxylic acid groups (broad SMARTS) is 1. The fourth-order valence-corrected chi connectivity index (χ4v) is 2.96. The molecule has 0 amide bonds. The van der Waals surface area contributed by atoms with Crippen molar-refractivity contribution in [2.24, 2.45) is 5.41 Å². The van der Waals surface area contributed by atoms with Crippen LogP contribution in [0.1, 0.15) is 57.8 Å². The second kappa shape index (κ2) is 5.34. The first kappa shape index (κ1) is 15.8. The van der Waals surface area contributed by atoms with E-state index in [1.54, 1.807) is 0 Å². The lowest BCUT2D eigenvalue weighted by Crippen LogP contribution is -2.24. The van der Waals surface area contributed by atoms with Crippen LogP contribution in [0.2, 0.25) is 0 Å². The van der Waals surface area contributed by atoms with Crippen LogP contribution in [0.4, 0.5) is 0 Å². The maximum absolute atomic E-state index is 10.9. The van der Waals surface area contributed by atoms with Gasteiger partial charge in [0.05, 0.1) is 12.5 Å². The van der Waals surface area contributed by atoms with Crippen molar-refractivity contribution in [1.29, 1.82) is 0 Å². The summed E-state index contributed by atoms with van der Waals surface area (Å²) < 4.78 is 5.82. The number of fused-ring (bicyclic) bond motifs is 1. The summed E-state index contributed by atoms with van der Waals surface area (Å²) in [4.78, 5) is 10.9. The fourth-order valence-electron chi connectivity index (χ4n) is 2.96. The van der Waals surface area contributed by atoms with Crippen LogP contribution in [0, 0.1) is 5.41 Å². The number of hydrogen-bond donors (Lipinski definition) is 2. The summed E-state index contributed by atoms with van der Waals surface area (Å²) in [6.07, 6.45) is 0.628. The predicted octanol–water partition coefficient (Wildman–Crippen LogP) is 3.32. The fraction of sp³-hybridized carbons (Fsp3) is 0.588. The molecule has 1 atom stereocenters. The normalized spacial score (nSPS) is 18.0. The minimum absolute atomic E-state index is 0.0468. The third-order valence-electron chi connectivity index (χ3n) is 3.85. The molecule has 1 aromatic carbocycles. The molecule has 21 heavy (non-hydrogen) atoms.